The van der Waals surface area contributed by atoms with Crippen LogP contribution in [0.15, 0.2) is 41.0 Å². The van der Waals surface area contributed by atoms with Crippen molar-refractivity contribution < 1.29 is 14.0 Å². The Morgan fingerprint density at radius 1 is 1.08 bits per heavy atom. The first-order valence-corrected chi connectivity index (χ1v) is 8.63. The molecular weight excluding hydrogens is 375 g/mol. The SMILES string of the molecule is Cc1cc2occ(CC(=O)NNC(=O)c3ccc(Cl)cc3)c2c(C)c1Cl. The number of benzene rings is 2. The second-order valence-corrected chi connectivity index (χ2v) is 6.77. The highest BCUT2D eigenvalue weighted by Crippen LogP contribution is 2.32. The van der Waals surface area contributed by atoms with E-state index in [0.717, 1.165) is 16.5 Å². The summed E-state index contributed by atoms with van der Waals surface area (Å²) in [6, 6.07) is 8.19. The fraction of sp³-hybridized carbons (Fsp3) is 0.158. The van der Waals surface area contributed by atoms with Crippen LogP contribution in [-0.4, -0.2) is 11.8 Å². The third-order valence-corrected chi connectivity index (χ3v) is 4.90. The minimum atomic E-state index is -0.429. The van der Waals surface area contributed by atoms with Crippen LogP contribution >= 0.6 is 23.2 Å². The van der Waals surface area contributed by atoms with Crippen LogP contribution in [0.5, 0.6) is 0 Å². The standard InChI is InChI=1S/C19H16Cl2N2O3/c1-10-7-15-17(11(2)18(10)21)13(9-26-15)8-16(24)22-23-19(25)12-3-5-14(20)6-4-12/h3-7,9H,8H2,1-2H3,(H,22,24)(H,23,25). The van der Waals surface area contributed by atoms with Gasteiger partial charge in [0.25, 0.3) is 5.91 Å². The lowest BCUT2D eigenvalue weighted by Gasteiger charge is -2.08. The summed E-state index contributed by atoms with van der Waals surface area (Å²) >= 11 is 12.1. The summed E-state index contributed by atoms with van der Waals surface area (Å²) in [5, 5.41) is 2.00. The fourth-order valence-corrected chi connectivity index (χ4v) is 3.03. The number of halogens is 2. The summed E-state index contributed by atoms with van der Waals surface area (Å²) in [6.07, 6.45) is 1.59. The highest BCUT2D eigenvalue weighted by Gasteiger charge is 2.16. The van der Waals surface area contributed by atoms with Crippen molar-refractivity contribution in [2.24, 2.45) is 0 Å². The molecule has 5 nitrogen and oxygen atoms in total. The summed E-state index contributed by atoms with van der Waals surface area (Å²) in [6.45, 7) is 3.78. The van der Waals surface area contributed by atoms with Gasteiger partial charge in [-0.1, -0.05) is 23.2 Å². The smallest absolute Gasteiger partial charge is 0.269 e. The van der Waals surface area contributed by atoms with Crippen LogP contribution in [0.25, 0.3) is 11.0 Å². The number of hydrogen-bond donors (Lipinski definition) is 2. The Labute approximate surface area is 160 Å². The Bertz CT molecular complexity index is 994. The number of carbonyl (C=O) groups is 2. The number of amides is 2. The molecule has 0 bridgehead atoms. The predicted molar refractivity (Wildman–Crippen MR) is 101 cm³/mol. The molecule has 2 amide bonds. The normalized spacial score (nSPS) is 10.8. The van der Waals surface area contributed by atoms with Crippen molar-refractivity contribution >= 4 is 46.0 Å². The maximum absolute atomic E-state index is 12.2. The zero-order chi connectivity index (χ0) is 18.8. The molecule has 1 heterocycles. The highest BCUT2D eigenvalue weighted by molar-refractivity contribution is 6.33. The molecule has 0 unspecified atom stereocenters. The van der Waals surface area contributed by atoms with Gasteiger partial charge in [-0.25, -0.2) is 0 Å². The molecule has 0 aliphatic heterocycles. The molecule has 0 radical (unpaired) electrons. The summed E-state index contributed by atoms with van der Waals surface area (Å²) in [5.41, 5.74) is 8.33. The molecule has 0 saturated heterocycles. The van der Waals surface area contributed by atoms with Gasteiger partial charge < -0.3 is 4.42 Å². The van der Waals surface area contributed by atoms with Crippen molar-refractivity contribution in [3.05, 3.63) is 68.9 Å². The van der Waals surface area contributed by atoms with Crippen molar-refractivity contribution in [1.82, 2.24) is 10.9 Å². The Morgan fingerprint density at radius 2 is 1.77 bits per heavy atom. The molecule has 3 aromatic rings. The Kier molecular flexibility index (Phi) is 5.20. The first-order valence-electron chi connectivity index (χ1n) is 7.87. The number of rotatable bonds is 3. The van der Waals surface area contributed by atoms with E-state index in [1.807, 2.05) is 19.9 Å². The third-order valence-electron chi connectivity index (χ3n) is 4.07. The fourth-order valence-electron chi connectivity index (χ4n) is 2.76. The lowest BCUT2D eigenvalue weighted by Crippen LogP contribution is -2.42. The molecule has 1 aromatic heterocycles. The largest absolute Gasteiger partial charge is 0.464 e. The summed E-state index contributed by atoms with van der Waals surface area (Å²) < 4.78 is 5.53. The number of nitrogens with one attached hydrogen (secondary N) is 2. The molecule has 0 fully saturated rings. The van der Waals surface area contributed by atoms with Gasteiger partial charge in [0.15, 0.2) is 0 Å². The number of furan rings is 1. The van der Waals surface area contributed by atoms with Crippen molar-refractivity contribution in [3.63, 3.8) is 0 Å². The van der Waals surface area contributed by atoms with Crippen molar-refractivity contribution in [2.45, 2.75) is 20.3 Å². The van der Waals surface area contributed by atoms with Gasteiger partial charge in [0, 0.05) is 26.6 Å². The van der Waals surface area contributed by atoms with E-state index < -0.39 is 5.91 Å². The summed E-state index contributed by atoms with van der Waals surface area (Å²) in [5.74, 6) is -0.798. The lowest BCUT2D eigenvalue weighted by molar-refractivity contribution is -0.121. The first-order chi connectivity index (χ1) is 12.4. The molecule has 0 atom stereocenters. The molecule has 0 spiro atoms. The van der Waals surface area contributed by atoms with E-state index >= 15 is 0 Å². The van der Waals surface area contributed by atoms with Crippen LogP contribution in [-0.2, 0) is 11.2 Å². The first kappa shape index (κ1) is 18.3. The van der Waals surface area contributed by atoms with E-state index in [0.29, 0.717) is 26.8 Å². The molecule has 2 aromatic carbocycles. The van der Waals surface area contributed by atoms with Crippen LogP contribution in [0, 0.1) is 13.8 Å². The Balaban J connectivity index is 1.69. The molecule has 2 N–H and O–H groups in total. The average molecular weight is 391 g/mol. The van der Waals surface area contributed by atoms with Gasteiger partial charge in [-0.3, -0.25) is 20.4 Å². The van der Waals surface area contributed by atoms with Crippen molar-refractivity contribution in [1.29, 1.82) is 0 Å². The predicted octanol–water partition coefficient (Wildman–Crippen LogP) is 4.36. The number of carbonyl (C=O) groups excluding carboxylic acids is 2. The molecule has 134 valence electrons. The molecule has 7 heteroatoms. The summed E-state index contributed by atoms with van der Waals surface area (Å²) in [4.78, 5) is 24.2. The Hall–Kier alpha value is -2.50. The zero-order valence-corrected chi connectivity index (χ0v) is 15.7. The van der Waals surface area contributed by atoms with Gasteiger partial charge in [0.2, 0.25) is 5.91 Å². The van der Waals surface area contributed by atoms with Crippen LogP contribution in [0.2, 0.25) is 10.0 Å². The maximum Gasteiger partial charge on any atom is 0.269 e. The molecule has 3 rings (SSSR count). The molecule has 0 aliphatic rings. The average Bonchev–Trinajstić information content (AvgIpc) is 3.00. The topological polar surface area (TPSA) is 71.3 Å². The lowest BCUT2D eigenvalue weighted by atomic mass is 10.0. The van der Waals surface area contributed by atoms with E-state index in [2.05, 4.69) is 10.9 Å². The number of fused-ring (bicyclic) bond motifs is 1. The second-order valence-electron chi connectivity index (χ2n) is 5.95. The van der Waals surface area contributed by atoms with E-state index in [1.165, 1.54) is 6.26 Å². The van der Waals surface area contributed by atoms with Crippen LogP contribution in [0.1, 0.15) is 27.0 Å². The van der Waals surface area contributed by atoms with E-state index in [-0.39, 0.29) is 12.3 Å². The van der Waals surface area contributed by atoms with Crippen LogP contribution in [0.3, 0.4) is 0 Å². The number of hydrazine groups is 1. The van der Waals surface area contributed by atoms with Crippen molar-refractivity contribution in [2.75, 3.05) is 0 Å². The molecule has 0 saturated carbocycles. The van der Waals surface area contributed by atoms with Gasteiger partial charge in [0.05, 0.1) is 12.7 Å². The minimum Gasteiger partial charge on any atom is -0.464 e. The molecule has 0 aliphatic carbocycles. The molecular formula is C19H16Cl2N2O3. The van der Waals surface area contributed by atoms with E-state index in [1.54, 1.807) is 24.3 Å². The number of hydrogen-bond acceptors (Lipinski definition) is 3. The van der Waals surface area contributed by atoms with Gasteiger partial charge in [-0.2, -0.15) is 0 Å². The zero-order valence-electron chi connectivity index (χ0n) is 14.2. The van der Waals surface area contributed by atoms with Crippen LogP contribution in [0.4, 0.5) is 0 Å². The highest BCUT2D eigenvalue weighted by atomic mass is 35.5. The van der Waals surface area contributed by atoms with E-state index in [9.17, 15) is 9.59 Å². The third kappa shape index (κ3) is 3.69. The second kappa shape index (κ2) is 7.40. The Morgan fingerprint density at radius 3 is 2.46 bits per heavy atom. The van der Waals surface area contributed by atoms with Gasteiger partial charge in [-0.15, -0.1) is 0 Å². The molecule has 26 heavy (non-hydrogen) atoms. The van der Waals surface area contributed by atoms with E-state index in [4.69, 9.17) is 27.6 Å². The van der Waals surface area contributed by atoms with Gasteiger partial charge in [-0.05, 0) is 55.3 Å². The van der Waals surface area contributed by atoms with Crippen molar-refractivity contribution in [3.8, 4) is 0 Å². The van der Waals surface area contributed by atoms with Gasteiger partial charge in [0.1, 0.15) is 5.58 Å². The van der Waals surface area contributed by atoms with Gasteiger partial charge >= 0.3 is 0 Å². The minimum absolute atomic E-state index is 0.0497. The number of aryl methyl sites for hydroxylation is 2. The summed E-state index contributed by atoms with van der Waals surface area (Å²) in [7, 11) is 0. The quantitative estimate of drug-likeness (QED) is 0.652. The monoisotopic (exact) mass is 390 g/mol. The maximum atomic E-state index is 12.2. The van der Waals surface area contributed by atoms with Crippen LogP contribution < -0.4 is 10.9 Å².